The molecule has 2 rings (SSSR count). The van der Waals surface area contributed by atoms with Crippen LogP contribution in [0.1, 0.15) is 12.0 Å². The molecule has 0 bridgehead atoms. The first-order valence-corrected chi connectivity index (χ1v) is 5.16. The Bertz CT molecular complexity index is 326. The van der Waals surface area contributed by atoms with Gasteiger partial charge in [-0.2, -0.15) is 0 Å². The van der Waals surface area contributed by atoms with E-state index in [9.17, 15) is 0 Å². The van der Waals surface area contributed by atoms with Gasteiger partial charge in [0.05, 0.1) is 0 Å². The number of benzene rings is 1. The molecule has 1 aliphatic carbocycles. The van der Waals surface area contributed by atoms with Gasteiger partial charge in [-0.1, -0.05) is 34.1 Å². The van der Waals surface area contributed by atoms with Crippen molar-refractivity contribution in [1.82, 2.24) is 0 Å². The van der Waals surface area contributed by atoms with E-state index in [-0.39, 0.29) is 6.61 Å². The monoisotopic (exact) mass is 238 g/mol. The number of aliphatic hydroxyl groups excluding tert-OH is 1. The first kappa shape index (κ1) is 8.97. The second-order valence-electron chi connectivity index (χ2n) is 3.35. The van der Waals surface area contributed by atoms with Crippen molar-refractivity contribution in [2.24, 2.45) is 5.92 Å². The summed E-state index contributed by atoms with van der Waals surface area (Å²) in [5.41, 5.74) is 2.62. The van der Waals surface area contributed by atoms with E-state index in [4.69, 9.17) is 5.11 Å². The molecule has 0 saturated heterocycles. The maximum Gasteiger partial charge on any atom is 0.0497 e. The van der Waals surface area contributed by atoms with Crippen LogP contribution in [0.4, 0.5) is 0 Å². The summed E-state index contributed by atoms with van der Waals surface area (Å²) in [6, 6.07) is 8.29. The van der Waals surface area contributed by atoms with Gasteiger partial charge in [0.1, 0.15) is 0 Å². The molecular formula is C11H11BrO. The zero-order valence-electron chi connectivity index (χ0n) is 7.20. The Morgan fingerprint density at radius 2 is 1.92 bits per heavy atom. The van der Waals surface area contributed by atoms with Crippen molar-refractivity contribution in [3.05, 3.63) is 40.4 Å². The van der Waals surface area contributed by atoms with Crippen molar-refractivity contribution in [2.75, 3.05) is 6.61 Å². The average molecular weight is 239 g/mol. The van der Waals surface area contributed by atoms with Crippen LogP contribution in [0.25, 0.3) is 5.57 Å². The van der Waals surface area contributed by atoms with E-state index in [1.165, 1.54) is 11.1 Å². The summed E-state index contributed by atoms with van der Waals surface area (Å²) in [6.45, 7) is 0.278. The second kappa shape index (κ2) is 3.64. The maximum absolute atomic E-state index is 8.84. The van der Waals surface area contributed by atoms with E-state index >= 15 is 0 Å². The van der Waals surface area contributed by atoms with Crippen LogP contribution in [0.15, 0.2) is 34.8 Å². The highest BCUT2D eigenvalue weighted by Crippen LogP contribution is 2.33. The standard InChI is InChI=1S/C11H11BrO/c12-11-3-1-9(2-4-11)10-5-8(6-10)7-13/h1-5,8,13H,6-7H2. The van der Waals surface area contributed by atoms with Crippen LogP contribution < -0.4 is 0 Å². The molecule has 0 fully saturated rings. The molecule has 1 unspecified atom stereocenters. The normalized spacial score (nSPS) is 20.8. The Morgan fingerprint density at radius 1 is 1.31 bits per heavy atom. The van der Waals surface area contributed by atoms with Gasteiger partial charge < -0.3 is 5.11 Å². The molecule has 2 heteroatoms. The van der Waals surface area contributed by atoms with Crippen LogP contribution in [-0.4, -0.2) is 11.7 Å². The van der Waals surface area contributed by atoms with Gasteiger partial charge in [0, 0.05) is 17.0 Å². The Hall–Kier alpha value is -0.600. The summed E-state index contributed by atoms with van der Waals surface area (Å²) in [6.07, 6.45) is 3.15. The predicted octanol–water partition coefficient (Wildman–Crippen LogP) is 2.84. The molecule has 0 radical (unpaired) electrons. The molecule has 0 heterocycles. The van der Waals surface area contributed by atoms with Crippen LogP contribution in [-0.2, 0) is 0 Å². The lowest BCUT2D eigenvalue weighted by Gasteiger charge is -2.23. The third-order valence-electron chi connectivity index (χ3n) is 2.37. The second-order valence-corrected chi connectivity index (χ2v) is 4.26. The van der Waals surface area contributed by atoms with Gasteiger partial charge in [0.25, 0.3) is 0 Å². The molecule has 0 amide bonds. The van der Waals surface area contributed by atoms with Crippen LogP contribution >= 0.6 is 15.9 Å². The lowest BCUT2D eigenvalue weighted by molar-refractivity contribution is 0.248. The zero-order valence-corrected chi connectivity index (χ0v) is 8.79. The Balaban J connectivity index is 2.15. The molecule has 1 aliphatic rings. The highest BCUT2D eigenvalue weighted by Gasteiger charge is 2.18. The van der Waals surface area contributed by atoms with Crippen molar-refractivity contribution in [3.8, 4) is 0 Å². The number of allylic oxidation sites excluding steroid dienone is 1. The van der Waals surface area contributed by atoms with Gasteiger partial charge in [-0.25, -0.2) is 0 Å². The summed E-state index contributed by atoms with van der Waals surface area (Å²) in [5, 5.41) is 8.84. The van der Waals surface area contributed by atoms with E-state index in [1.807, 2.05) is 12.1 Å². The van der Waals surface area contributed by atoms with Crippen molar-refractivity contribution >= 4 is 21.5 Å². The van der Waals surface area contributed by atoms with Crippen LogP contribution in [0.3, 0.4) is 0 Å². The minimum absolute atomic E-state index is 0.278. The van der Waals surface area contributed by atoms with Gasteiger partial charge >= 0.3 is 0 Å². The maximum atomic E-state index is 8.84. The minimum atomic E-state index is 0.278. The number of rotatable bonds is 2. The van der Waals surface area contributed by atoms with Gasteiger partial charge in [0.2, 0.25) is 0 Å². The fraction of sp³-hybridized carbons (Fsp3) is 0.273. The van der Waals surface area contributed by atoms with Crippen LogP contribution in [0.5, 0.6) is 0 Å². The van der Waals surface area contributed by atoms with Gasteiger partial charge in [-0.15, -0.1) is 0 Å². The Kier molecular flexibility index (Phi) is 2.51. The number of hydrogen-bond donors (Lipinski definition) is 1. The van der Waals surface area contributed by atoms with Gasteiger partial charge in [-0.05, 0) is 29.7 Å². The molecule has 0 aliphatic heterocycles. The Morgan fingerprint density at radius 3 is 2.46 bits per heavy atom. The van der Waals surface area contributed by atoms with Crippen molar-refractivity contribution in [1.29, 1.82) is 0 Å². The summed E-state index contributed by atoms with van der Waals surface area (Å²) in [5.74, 6) is 0.388. The molecule has 1 aromatic rings. The minimum Gasteiger partial charge on any atom is -0.396 e. The molecule has 0 spiro atoms. The number of hydrogen-bond acceptors (Lipinski definition) is 1. The van der Waals surface area contributed by atoms with Gasteiger partial charge in [-0.3, -0.25) is 0 Å². The lowest BCUT2D eigenvalue weighted by atomic mass is 9.83. The summed E-state index contributed by atoms with van der Waals surface area (Å²) < 4.78 is 1.11. The molecule has 13 heavy (non-hydrogen) atoms. The molecule has 0 saturated carbocycles. The fourth-order valence-corrected chi connectivity index (χ4v) is 1.79. The van der Waals surface area contributed by atoms with E-state index < -0.39 is 0 Å². The largest absolute Gasteiger partial charge is 0.396 e. The topological polar surface area (TPSA) is 20.2 Å². The molecule has 68 valence electrons. The van der Waals surface area contributed by atoms with Crippen molar-refractivity contribution < 1.29 is 5.11 Å². The van der Waals surface area contributed by atoms with E-state index in [0.717, 1.165) is 10.9 Å². The quantitative estimate of drug-likeness (QED) is 0.841. The SMILES string of the molecule is OCC1C=C(c2ccc(Br)cc2)C1. The van der Waals surface area contributed by atoms with E-state index in [0.29, 0.717) is 5.92 Å². The average Bonchev–Trinajstić information content (AvgIpc) is 2.06. The molecule has 1 atom stereocenters. The van der Waals surface area contributed by atoms with Crippen LogP contribution in [0, 0.1) is 5.92 Å². The van der Waals surface area contributed by atoms with E-state index in [1.54, 1.807) is 0 Å². The van der Waals surface area contributed by atoms with Gasteiger partial charge in [0.15, 0.2) is 0 Å². The van der Waals surface area contributed by atoms with Crippen molar-refractivity contribution in [2.45, 2.75) is 6.42 Å². The molecule has 1 aromatic carbocycles. The smallest absolute Gasteiger partial charge is 0.0497 e. The first-order chi connectivity index (χ1) is 6.29. The zero-order chi connectivity index (χ0) is 9.26. The highest BCUT2D eigenvalue weighted by molar-refractivity contribution is 9.10. The molecule has 1 N–H and O–H groups in total. The number of halogens is 1. The Labute approximate surface area is 86.2 Å². The fourth-order valence-electron chi connectivity index (χ4n) is 1.53. The lowest BCUT2D eigenvalue weighted by Crippen LogP contribution is -2.12. The summed E-state index contributed by atoms with van der Waals surface area (Å²) >= 11 is 3.40. The molecular weight excluding hydrogens is 228 g/mol. The first-order valence-electron chi connectivity index (χ1n) is 4.37. The van der Waals surface area contributed by atoms with Crippen LogP contribution in [0.2, 0.25) is 0 Å². The molecule has 1 nitrogen and oxygen atoms in total. The third kappa shape index (κ3) is 1.84. The molecule has 0 aromatic heterocycles. The number of aliphatic hydroxyl groups is 1. The van der Waals surface area contributed by atoms with E-state index in [2.05, 4.69) is 34.1 Å². The van der Waals surface area contributed by atoms with Crippen molar-refractivity contribution in [3.63, 3.8) is 0 Å². The summed E-state index contributed by atoms with van der Waals surface area (Å²) in [7, 11) is 0. The highest BCUT2D eigenvalue weighted by atomic mass is 79.9. The third-order valence-corrected chi connectivity index (χ3v) is 2.90. The summed E-state index contributed by atoms with van der Waals surface area (Å²) in [4.78, 5) is 0. The predicted molar refractivity (Wildman–Crippen MR) is 57.3 cm³/mol.